The average Bonchev–Trinajstić information content (AvgIpc) is 2.91. The molecule has 1 aliphatic heterocycles. The fourth-order valence-corrected chi connectivity index (χ4v) is 2.43. The zero-order valence-corrected chi connectivity index (χ0v) is 12.5. The number of likely N-dealkylation sites (tertiary alicyclic amines) is 1. The number of furan rings is 1. The van der Waals surface area contributed by atoms with Gasteiger partial charge in [0.05, 0.1) is 6.42 Å². The minimum absolute atomic E-state index is 0.0443. The monoisotopic (exact) mass is 292 g/mol. The van der Waals surface area contributed by atoms with Gasteiger partial charge in [-0.3, -0.25) is 19.3 Å². The van der Waals surface area contributed by atoms with Crippen LogP contribution >= 0.6 is 0 Å². The third kappa shape index (κ3) is 3.51. The smallest absolute Gasteiger partial charge is 0.252 e. The van der Waals surface area contributed by atoms with Gasteiger partial charge in [0.25, 0.3) is 5.91 Å². The summed E-state index contributed by atoms with van der Waals surface area (Å²) in [7, 11) is 0. The topological polar surface area (TPSA) is 79.6 Å². The van der Waals surface area contributed by atoms with Crippen LogP contribution in [0.4, 0.5) is 0 Å². The van der Waals surface area contributed by atoms with Crippen molar-refractivity contribution in [3.63, 3.8) is 0 Å². The Morgan fingerprint density at radius 3 is 2.67 bits per heavy atom. The maximum absolute atomic E-state index is 12.0. The minimum atomic E-state index is -0.731. The van der Waals surface area contributed by atoms with E-state index in [1.165, 1.54) is 4.90 Å². The SMILES string of the molecule is Cc1ccc(CCC(=O)N[C@H]2CC(=O)N(C(C)C)C2=O)o1. The molecule has 2 heterocycles. The van der Waals surface area contributed by atoms with Gasteiger partial charge < -0.3 is 9.73 Å². The van der Waals surface area contributed by atoms with Crippen molar-refractivity contribution in [1.82, 2.24) is 10.2 Å². The van der Waals surface area contributed by atoms with Gasteiger partial charge in [0, 0.05) is 18.9 Å². The second-order valence-corrected chi connectivity index (χ2v) is 5.53. The Morgan fingerprint density at radius 2 is 2.14 bits per heavy atom. The van der Waals surface area contributed by atoms with Crippen molar-refractivity contribution in [3.8, 4) is 0 Å². The summed E-state index contributed by atoms with van der Waals surface area (Å²) in [5.74, 6) is 0.731. The molecule has 6 heteroatoms. The second-order valence-electron chi connectivity index (χ2n) is 5.53. The molecule has 1 aromatic heterocycles. The Morgan fingerprint density at radius 1 is 1.43 bits per heavy atom. The molecule has 3 amide bonds. The predicted octanol–water partition coefficient (Wildman–Crippen LogP) is 1.17. The molecule has 1 atom stereocenters. The van der Waals surface area contributed by atoms with E-state index in [-0.39, 0.29) is 36.6 Å². The number of carbonyl (C=O) groups is 3. The molecule has 1 saturated heterocycles. The van der Waals surface area contributed by atoms with Crippen LogP contribution in [0.5, 0.6) is 0 Å². The maximum atomic E-state index is 12.0. The molecule has 1 aromatic rings. The third-order valence-corrected chi connectivity index (χ3v) is 3.43. The molecule has 0 radical (unpaired) electrons. The number of nitrogens with zero attached hydrogens (tertiary/aromatic N) is 1. The van der Waals surface area contributed by atoms with Gasteiger partial charge in [-0.25, -0.2) is 0 Å². The van der Waals surface area contributed by atoms with E-state index in [1.54, 1.807) is 13.8 Å². The fourth-order valence-electron chi connectivity index (χ4n) is 2.43. The molecule has 6 nitrogen and oxygen atoms in total. The summed E-state index contributed by atoms with van der Waals surface area (Å²) in [6.45, 7) is 5.39. The van der Waals surface area contributed by atoms with Crippen LogP contribution < -0.4 is 5.32 Å². The zero-order chi connectivity index (χ0) is 15.6. The lowest BCUT2D eigenvalue weighted by atomic mass is 10.2. The van der Waals surface area contributed by atoms with Crippen molar-refractivity contribution >= 4 is 17.7 Å². The van der Waals surface area contributed by atoms with E-state index in [2.05, 4.69) is 5.32 Å². The lowest BCUT2D eigenvalue weighted by Gasteiger charge is -2.19. The molecule has 1 aliphatic rings. The lowest BCUT2D eigenvalue weighted by molar-refractivity contribution is -0.141. The standard InChI is InChI=1S/C15H20N2O4/c1-9(2)17-14(19)8-12(15(17)20)16-13(18)7-6-11-5-4-10(3)21-11/h4-5,9,12H,6-8H2,1-3H3,(H,16,18)/t12-/m0/s1. The van der Waals surface area contributed by atoms with Crippen molar-refractivity contribution < 1.29 is 18.8 Å². The van der Waals surface area contributed by atoms with Gasteiger partial charge in [-0.1, -0.05) is 0 Å². The van der Waals surface area contributed by atoms with Gasteiger partial charge in [0.2, 0.25) is 11.8 Å². The highest BCUT2D eigenvalue weighted by molar-refractivity contribution is 6.07. The Bertz CT molecular complexity index is 562. The fraction of sp³-hybridized carbons (Fsp3) is 0.533. The highest BCUT2D eigenvalue weighted by Gasteiger charge is 2.40. The van der Waals surface area contributed by atoms with Gasteiger partial charge in [-0.05, 0) is 32.9 Å². The maximum Gasteiger partial charge on any atom is 0.252 e. The van der Waals surface area contributed by atoms with Crippen molar-refractivity contribution in [2.45, 2.75) is 52.1 Å². The van der Waals surface area contributed by atoms with Crippen LogP contribution in [0.1, 0.15) is 38.2 Å². The molecule has 0 aliphatic carbocycles. The van der Waals surface area contributed by atoms with Crippen LogP contribution in [0.25, 0.3) is 0 Å². The van der Waals surface area contributed by atoms with Gasteiger partial charge in [-0.15, -0.1) is 0 Å². The van der Waals surface area contributed by atoms with E-state index in [0.29, 0.717) is 6.42 Å². The van der Waals surface area contributed by atoms with Crippen LogP contribution in [-0.4, -0.2) is 34.7 Å². The zero-order valence-electron chi connectivity index (χ0n) is 12.5. The Hall–Kier alpha value is -2.11. The number of rotatable bonds is 5. The molecule has 0 unspecified atom stereocenters. The van der Waals surface area contributed by atoms with Crippen molar-refractivity contribution in [3.05, 3.63) is 23.7 Å². The van der Waals surface area contributed by atoms with E-state index < -0.39 is 6.04 Å². The summed E-state index contributed by atoms with van der Waals surface area (Å²) >= 11 is 0. The van der Waals surface area contributed by atoms with Gasteiger partial charge in [-0.2, -0.15) is 0 Å². The molecule has 114 valence electrons. The molecule has 0 spiro atoms. The van der Waals surface area contributed by atoms with Crippen LogP contribution in [0.15, 0.2) is 16.5 Å². The van der Waals surface area contributed by atoms with E-state index in [4.69, 9.17) is 4.42 Å². The molecule has 1 fully saturated rings. The first-order valence-corrected chi connectivity index (χ1v) is 7.09. The van der Waals surface area contributed by atoms with Crippen molar-refractivity contribution in [2.75, 3.05) is 0 Å². The van der Waals surface area contributed by atoms with E-state index in [9.17, 15) is 14.4 Å². The second kappa shape index (κ2) is 6.11. The normalized spacial score (nSPS) is 18.7. The number of nitrogens with one attached hydrogen (secondary N) is 1. The van der Waals surface area contributed by atoms with Gasteiger partial charge >= 0.3 is 0 Å². The first kappa shape index (κ1) is 15.3. The first-order chi connectivity index (χ1) is 9.88. The lowest BCUT2D eigenvalue weighted by Crippen LogP contribution is -2.43. The Labute approximate surface area is 123 Å². The van der Waals surface area contributed by atoms with Crippen LogP contribution in [0.3, 0.4) is 0 Å². The van der Waals surface area contributed by atoms with Gasteiger partial charge in [0.1, 0.15) is 17.6 Å². The highest BCUT2D eigenvalue weighted by Crippen LogP contribution is 2.16. The number of hydrogen-bond donors (Lipinski definition) is 1. The molecule has 0 aromatic carbocycles. The Kier molecular flexibility index (Phi) is 4.45. The summed E-state index contributed by atoms with van der Waals surface area (Å²) in [4.78, 5) is 36.9. The largest absolute Gasteiger partial charge is 0.466 e. The summed E-state index contributed by atoms with van der Waals surface area (Å²) in [5.41, 5.74) is 0. The number of hydrogen-bond acceptors (Lipinski definition) is 4. The van der Waals surface area contributed by atoms with E-state index in [0.717, 1.165) is 11.5 Å². The summed E-state index contributed by atoms with van der Waals surface area (Å²) in [6, 6.07) is 2.75. The average molecular weight is 292 g/mol. The van der Waals surface area contributed by atoms with E-state index in [1.807, 2.05) is 19.1 Å². The first-order valence-electron chi connectivity index (χ1n) is 7.09. The van der Waals surface area contributed by atoms with Crippen LogP contribution in [-0.2, 0) is 20.8 Å². The number of amides is 3. The highest BCUT2D eigenvalue weighted by atomic mass is 16.3. The summed E-state index contributed by atoms with van der Waals surface area (Å²) < 4.78 is 5.38. The van der Waals surface area contributed by atoms with Crippen LogP contribution in [0, 0.1) is 6.92 Å². The van der Waals surface area contributed by atoms with Crippen LogP contribution in [0.2, 0.25) is 0 Å². The Balaban J connectivity index is 1.86. The van der Waals surface area contributed by atoms with Crippen molar-refractivity contribution in [1.29, 1.82) is 0 Å². The molecule has 0 saturated carbocycles. The number of imide groups is 1. The molecule has 21 heavy (non-hydrogen) atoms. The summed E-state index contributed by atoms with van der Waals surface area (Å²) in [6.07, 6.45) is 0.748. The molecule has 1 N–H and O–H groups in total. The molecular formula is C15H20N2O4. The number of aryl methyl sites for hydroxylation is 2. The minimum Gasteiger partial charge on any atom is -0.466 e. The summed E-state index contributed by atoms with van der Waals surface area (Å²) in [5, 5.41) is 2.63. The quantitative estimate of drug-likeness (QED) is 0.826. The third-order valence-electron chi connectivity index (χ3n) is 3.43. The molecular weight excluding hydrogens is 272 g/mol. The van der Waals surface area contributed by atoms with E-state index >= 15 is 0 Å². The van der Waals surface area contributed by atoms with Crippen molar-refractivity contribution in [2.24, 2.45) is 0 Å². The molecule has 0 bridgehead atoms. The predicted molar refractivity (Wildman–Crippen MR) is 75.3 cm³/mol. The molecule has 2 rings (SSSR count). The number of carbonyl (C=O) groups excluding carboxylic acids is 3. The van der Waals surface area contributed by atoms with Gasteiger partial charge in [0.15, 0.2) is 0 Å².